The van der Waals surface area contributed by atoms with Crippen molar-refractivity contribution in [2.75, 3.05) is 0 Å². The van der Waals surface area contributed by atoms with Crippen LogP contribution < -0.4 is 5.73 Å². The van der Waals surface area contributed by atoms with Crippen molar-refractivity contribution in [1.82, 2.24) is 9.78 Å². The molecule has 0 aliphatic carbocycles. The van der Waals surface area contributed by atoms with Gasteiger partial charge in [0, 0.05) is 23.5 Å². The molecule has 134 valence electrons. The predicted molar refractivity (Wildman–Crippen MR) is 91.7 cm³/mol. The molecule has 0 unspecified atom stereocenters. The average Bonchev–Trinajstić information content (AvgIpc) is 2.95. The predicted octanol–water partition coefficient (Wildman–Crippen LogP) is 2.93. The fourth-order valence-corrected chi connectivity index (χ4v) is 2.31. The number of aliphatic imine (C=N–C) groups is 1. The smallest absolute Gasteiger partial charge is 0.273 e. The van der Waals surface area contributed by atoms with Gasteiger partial charge in [-0.25, -0.2) is 13.8 Å². The van der Waals surface area contributed by atoms with Crippen molar-refractivity contribution in [2.45, 2.75) is 40.7 Å². The maximum Gasteiger partial charge on any atom is 0.273 e. The molecule has 0 aliphatic rings. The van der Waals surface area contributed by atoms with E-state index in [0.29, 0.717) is 16.7 Å². The van der Waals surface area contributed by atoms with Gasteiger partial charge in [0.1, 0.15) is 12.6 Å². The Morgan fingerprint density at radius 3 is 2.60 bits per heavy atom. The Labute approximate surface area is 145 Å². The zero-order valence-corrected chi connectivity index (χ0v) is 14.6. The summed E-state index contributed by atoms with van der Waals surface area (Å²) >= 11 is 0. The summed E-state index contributed by atoms with van der Waals surface area (Å²) in [6.45, 7) is 6.38. The lowest BCUT2D eigenvalue weighted by Gasteiger charge is -2.12. The molecule has 1 heterocycles. The molecule has 1 aromatic heterocycles. The molecule has 0 atom stereocenters. The number of nitriles is 1. The lowest BCUT2D eigenvalue weighted by Crippen LogP contribution is -2.11. The van der Waals surface area contributed by atoms with Crippen LogP contribution in [0.1, 0.15) is 33.3 Å². The van der Waals surface area contributed by atoms with Crippen LogP contribution >= 0.6 is 0 Å². The maximum absolute atomic E-state index is 12.6. The van der Waals surface area contributed by atoms with Gasteiger partial charge in [-0.3, -0.25) is 9.48 Å². The number of allylic oxidation sites excluding steroid dienone is 2. The second-order valence-corrected chi connectivity index (χ2v) is 5.73. The Hall–Kier alpha value is -2.82. The van der Waals surface area contributed by atoms with Gasteiger partial charge in [-0.15, -0.1) is 0 Å². The van der Waals surface area contributed by atoms with Crippen LogP contribution in [-0.2, 0) is 11.3 Å². The van der Waals surface area contributed by atoms with Gasteiger partial charge >= 0.3 is 0 Å². The highest BCUT2D eigenvalue weighted by atomic mass is 19.3. The van der Waals surface area contributed by atoms with Crippen LogP contribution in [0.5, 0.6) is 0 Å². The molecule has 2 N–H and O–H groups in total. The lowest BCUT2D eigenvalue weighted by atomic mass is 9.94. The number of halogens is 2. The van der Waals surface area contributed by atoms with Crippen LogP contribution in [0.4, 0.5) is 8.78 Å². The number of amides is 1. The summed E-state index contributed by atoms with van der Waals surface area (Å²) < 4.78 is 26.0. The van der Waals surface area contributed by atoms with E-state index in [1.807, 2.05) is 19.9 Å². The second-order valence-electron chi connectivity index (χ2n) is 5.73. The Bertz CT molecular complexity index is 766. The highest BCUT2D eigenvalue weighted by Gasteiger charge is 2.19. The Morgan fingerprint density at radius 1 is 1.48 bits per heavy atom. The van der Waals surface area contributed by atoms with Crippen molar-refractivity contribution >= 4 is 17.2 Å². The van der Waals surface area contributed by atoms with E-state index in [2.05, 4.69) is 10.1 Å². The summed E-state index contributed by atoms with van der Waals surface area (Å²) in [5, 5.41) is 12.8. The molecule has 0 aromatic carbocycles. The molecular formula is C17H21F2N5O. The summed E-state index contributed by atoms with van der Waals surface area (Å²) in [5.74, 6) is -0.656. The van der Waals surface area contributed by atoms with E-state index in [-0.39, 0.29) is 17.2 Å². The fraction of sp³-hybridized carbons (Fsp3) is 0.412. The van der Waals surface area contributed by atoms with Crippen LogP contribution in [-0.4, -0.2) is 27.8 Å². The first-order chi connectivity index (χ1) is 11.7. The van der Waals surface area contributed by atoms with E-state index in [1.54, 1.807) is 6.92 Å². The third-order valence-corrected chi connectivity index (χ3v) is 3.55. The van der Waals surface area contributed by atoms with Gasteiger partial charge in [0.25, 0.3) is 12.3 Å². The van der Waals surface area contributed by atoms with Crippen LogP contribution in [0.15, 0.2) is 34.7 Å². The number of rotatable bonds is 6. The zero-order chi connectivity index (χ0) is 19.1. The molecule has 25 heavy (non-hydrogen) atoms. The Morgan fingerprint density at radius 2 is 2.12 bits per heavy atom. The molecule has 6 nitrogen and oxygen atoms in total. The lowest BCUT2D eigenvalue weighted by molar-refractivity contribution is -0.114. The summed E-state index contributed by atoms with van der Waals surface area (Å²) in [5.41, 5.74) is 7.25. The topological polar surface area (TPSA) is 97.1 Å². The average molecular weight is 349 g/mol. The molecule has 1 amide bonds. The minimum absolute atomic E-state index is 0.110. The maximum atomic E-state index is 12.6. The number of hydrogen-bond donors (Lipinski definition) is 1. The molecule has 0 saturated heterocycles. The fourth-order valence-electron chi connectivity index (χ4n) is 2.31. The highest BCUT2D eigenvalue weighted by Crippen LogP contribution is 2.25. The molecule has 0 radical (unpaired) electrons. The van der Waals surface area contributed by atoms with E-state index in [1.165, 1.54) is 19.3 Å². The van der Waals surface area contributed by atoms with Crippen LogP contribution in [0.3, 0.4) is 0 Å². The number of carbonyl (C=O) groups is 1. The van der Waals surface area contributed by atoms with Crippen LogP contribution in [0.25, 0.3) is 5.57 Å². The number of nitrogens with two attached hydrogens (primary N) is 1. The van der Waals surface area contributed by atoms with Gasteiger partial charge in [-0.2, -0.15) is 10.4 Å². The zero-order valence-electron chi connectivity index (χ0n) is 14.6. The second kappa shape index (κ2) is 8.87. The largest absolute Gasteiger partial charge is 0.403 e. The van der Waals surface area contributed by atoms with Crippen molar-refractivity contribution in [1.29, 1.82) is 5.26 Å². The molecule has 0 spiro atoms. The highest BCUT2D eigenvalue weighted by molar-refractivity contribution is 6.12. The quantitative estimate of drug-likeness (QED) is 0.485. The van der Waals surface area contributed by atoms with Gasteiger partial charge in [0.15, 0.2) is 0 Å². The third kappa shape index (κ3) is 5.35. The third-order valence-electron chi connectivity index (χ3n) is 3.55. The number of alkyl halides is 2. The Kier molecular flexibility index (Phi) is 7.18. The minimum atomic E-state index is -2.51. The number of carbonyl (C=O) groups excluding carboxylic acids is 1. The summed E-state index contributed by atoms with van der Waals surface area (Å²) in [6, 6.07) is 1.86. The number of nitrogens with zero attached hydrogens (tertiary/aromatic N) is 4. The van der Waals surface area contributed by atoms with E-state index in [9.17, 15) is 13.6 Å². The summed E-state index contributed by atoms with van der Waals surface area (Å²) in [7, 11) is 0. The van der Waals surface area contributed by atoms with Gasteiger partial charge < -0.3 is 5.73 Å². The van der Waals surface area contributed by atoms with Crippen LogP contribution in [0, 0.1) is 17.2 Å². The first-order valence-electron chi connectivity index (χ1n) is 7.64. The molecule has 0 fully saturated rings. The number of hydrogen-bond acceptors (Lipinski definition) is 4. The van der Waals surface area contributed by atoms with Gasteiger partial charge in [0.2, 0.25) is 0 Å². The SMILES string of the molecule is CC(=NC(=O)/C(=C(\C)c1cnn(CC(F)F)c1)C(C)C)/C(C#N)=C/N. The Balaban J connectivity index is 3.27. The molecule has 0 saturated carbocycles. The summed E-state index contributed by atoms with van der Waals surface area (Å²) in [6.07, 6.45) is 1.48. The molecule has 1 rings (SSSR count). The molecule has 8 heteroatoms. The van der Waals surface area contributed by atoms with Crippen molar-refractivity contribution in [2.24, 2.45) is 16.6 Å². The van der Waals surface area contributed by atoms with Crippen molar-refractivity contribution in [3.63, 3.8) is 0 Å². The van der Waals surface area contributed by atoms with Crippen molar-refractivity contribution in [3.8, 4) is 6.07 Å². The van der Waals surface area contributed by atoms with Crippen molar-refractivity contribution in [3.05, 3.63) is 35.3 Å². The van der Waals surface area contributed by atoms with Gasteiger partial charge in [-0.05, 0) is 25.3 Å². The van der Waals surface area contributed by atoms with Crippen molar-refractivity contribution < 1.29 is 13.6 Å². The molecule has 0 bridgehead atoms. The van der Waals surface area contributed by atoms with Crippen LogP contribution in [0.2, 0.25) is 0 Å². The molecule has 1 aromatic rings. The monoisotopic (exact) mass is 349 g/mol. The van der Waals surface area contributed by atoms with E-state index < -0.39 is 18.9 Å². The molecule has 0 aliphatic heterocycles. The van der Waals surface area contributed by atoms with E-state index in [4.69, 9.17) is 11.0 Å². The first kappa shape index (κ1) is 20.2. The van der Waals surface area contributed by atoms with Gasteiger partial charge in [-0.1, -0.05) is 13.8 Å². The van der Waals surface area contributed by atoms with Gasteiger partial charge in [0.05, 0.1) is 17.5 Å². The number of aromatic nitrogens is 2. The standard InChI is InChI=1S/C17H21F2N5O/c1-10(2)16(17(25)23-12(4)13(5-20)6-21)11(3)14-7-22-24(8-14)9-15(18)19/h5,7-8,10,15H,9,20H2,1-4H3/b13-5+,16-11+,23-12?. The summed E-state index contributed by atoms with van der Waals surface area (Å²) in [4.78, 5) is 16.5. The van der Waals surface area contributed by atoms with E-state index in [0.717, 1.165) is 10.9 Å². The first-order valence-corrected chi connectivity index (χ1v) is 7.64. The van der Waals surface area contributed by atoms with E-state index >= 15 is 0 Å². The minimum Gasteiger partial charge on any atom is -0.403 e. The molecular weight excluding hydrogens is 328 g/mol. The normalized spacial score (nSPS) is 13.9.